The van der Waals surface area contributed by atoms with Gasteiger partial charge in [0.2, 0.25) is 0 Å². The van der Waals surface area contributed by atoms with Crippen molar-refractivity contribution in [3.63, 3.8) is 0 Å². The van der Waals surface area contributed by atoms with Crippen molar-refractivity contribution in [3.05, 3.63) is 24.0 Å². The second-order valence-corrected chi connectivity index (χ2v) is 4.23. The van der Waals surface area contributed by atoms with Gasteiger partial charge in [-0.1, -0.05) is 0 Å². The number of benzene rings is 1. The van der Waals surface area contributed by atoms with Crippen LogP contribution in [0.2, 0.25) is 0 Å². The van der Waals surface area contributed by atoms with Crippen LogP contribution in [0.5, 0.6) is 0 Å². The molecule has 1 amide bonds. The topological polar surface area (TPSA) is 110 Å². The van der Waals surface area contributed by atoms with E-state index in [9.17, 15) is 9.59 Å². The average molecular weight is 262 g/mol. The van der Waals surface area contributed by atoms with Gasteiger partial charge in [-0.3, -0.25) is 4.79 Å². The number of carbonyl (C=O) groups is 2. The van der Waals surface area contributed by atoms with Crippen LogP contribution in [0, 0.1) is 6.92 Å². The highest BCUT2D eigenvalue weighted by Crippen LogP contribution is 2.19. The van der Waals surface area contributed by atoms with Crippen LogP contribution in [-0.4, -0.2) is 32.6 Å². The molecule has 2 aromatic rings. The fourth-order valence-corrected chi connectivity index (χ4v) is 1.73. The molecular weight excluding hydrogens is 248 g/mol. The Labute approximate surface area is 109 Å². The smallest absolute Gasteiger partial charge is 0.330 e. The van der Waals surface area contributed by atoms with Crippen molar-refractivity contribution in [3.8, 4) is 0 Å². The van der Waals surface area contributed by atoms with Crippen molar-refractivity contribution < 1.29 is 14.7 Å². The third-order valence-corrected chi connectivity index (χ3v) is 2.92. The number of fused-ring (bicyclic) bond motifs is 1. The number of nitrogens with two attached hydrogens (primary N) is 1. The highest BCUT2D eigenvalue weighted by atomic mass is 16.4. The number of carboxylic acids is 1. The summed E-state index contributed by atoms with van der Waals surface area (Å²) in [6.45, 7) is 1.87. The van der Waals surface area contributed by atoms with E-state index in [4.69, 9.17) is 10.8 Å². The predicted molar refractivity (Wildman–Crippen MR) is 69.7 cm³/mol. The van der Waals surface area contributed by atoms with Crippen molar-refractivity contribution in [2.24, 2.45) is 12.8 Å². The maximum absolute atomic E-state index is 11.5. The summed E-state index contributed by atoms with van der Waals surface area (Å²) in [7, 11) is 1.89. The van der Waals surface area contributed by atoms with Crippen LogP contribution in [0.15, 0.2) is 18.2 Å². The quantitative estimate of drug-likeness (QED) is 0.686. The van der Waals surface area contributed by atoms with Gasteiger partial charge in [-0.05, 0) is 25.1 Å². The highest BCUT2D eigenvalue weighted by Gasteiger charge is 2.21. The summed E-state index contributed by atoms with van der Waals surface area (Å²) in [5, 5.41) is 11.1. The Balaban J connectivity index is 2.27. The van der Waals surface area contributed by atoms with Crippen molar-refractivity contribution in [1.82, 2.24) is 9.55 Å². The molecule has 1 heterocycles. The molecule has 0 radical (unpaired) electrons. The van der Waals surface area contributed by atoms with Gasteiger partial charge in [-0.2, -0.15) is 0 Å². The number of aliphatic carboxylic acids is 1. The minimum atomic E-state index is -1.58. The Kier molecular flexibility index (Phi) is 3.22. The van der Waals surface area contributed by atoms with Crippen LogP contribution < -0.4 is 11.1 Å². The Morgan fingerprint density at radius 2 is 2.16 bits per heavy atom. The molecule has 0 aliphatic rings. The van der Waals surface area contributed by atoms with E-state index in [1.54, 1.807) is 18.2 Å². The fraction of sp³-hybridized carbons (Fsp3) is 0.250. The summed E-state index contributed by atoms with van der Waals surface area (Å²) < 4.78 is 1.92. The molecule has 19 heavy (non-hydrogen) atoms. The average Bonchev–Trinajstić information content (AvgIpc) is 2.63. The zero-order valence-electron chi connectivity index (χ0n) is 10.5. The van der Waals surface area contributed by atoms with Gasteiger partial charge in [0.15, 0.2) is 6.04 Å². The van der Waals surface area contributed by atoms with Crippen molar-refractivity contribution in [2.75, 3.05) is 5.32 Å². The van der Waals surface area contributed by atoms with Gasteiger partial charge in [-0.25, -0.2) is 9.78 Å². The molecule has 0 aliphatic heterocycles. The van der Waals surface area contributed by atoms with Crippen molar-refractivity contribution >= 4 is 28.6 Å². The standard InChI is InChI=1S/C12H14N4O3/c1-6-14-8-5-7(3-4-9(8)16(6)2)15-11(17)10(13)12(18)19/h3-5,10H,13H2,1-2H3,(H,15,17)(H,18,19). The van der Waals surface area contributed by atoms with E-state index in [0.717, 1.165) is 16.9 Å². The lowest BCUT2D eigenvalue weighted by molar-refractivity contribution is -0.141. The SMILES string of the molecule is Cc1nc2cc(NC(=O)C(N)C(=O)O)ccc2n1C. The van der Waals surface area contributed by atoms with Crippen molar-refractivity contribution in [2.45, 2.75) is 13.0 Å². The van der Waals surface area contributed by atoms with Gasteiger partial charge in [-0.15, -0.1) is 0 Å². The summed E-state index contributed by atoms with van der Waals surface area (Å²) >= 11 is 0. The van der Waals surface area contributed by atoms with Crippen LogP contribution in [0.3, 0.4) is 0 Å². The molecule has 2 rings (SSSR count). The molecule has 0 saturated carbocycles. The number of anilines is 1. The zero-order valence-corrected chi connectivity index (χ0v) is 10.5. The second kappa shape index (κ2) is 4.69. The minimum Gasteiger partial charge on any atom is -0.480 e. The normalized spacial score (nSPS) is 12.4. The van der Waals surface area contributed by atoms with Crippen LogP contribution in [0.1, 0.15) is 5.82 Å². The van der Waals surface area contributed by atoms with E-state index in [-0.39, 0.29) is 0 Å². The molecule has 0 bridgehead atoms. The van der Waals surface area contributed by atoms with E-state index < -0.39 is 17.9 Å². The summed E-state index contributed by atoms with van der Waals surface area (Å²) in [4.78, 5) is 26.4. The van der Waals surface area contributed by atoms with Gasteiger partial charge in [0.1, 0.15) is 5.82 Å². The monoisotopic (exact) mass is 262 g/mol. The third kappa shape index (κ3) is 2.41. The number of aromatic nitrogens is 2. The Morgan fingerprint density at radius 3 is 2.79 bits per heavy atom. The highest BCUT2D eigenvalue weighted by molar-refractivity contribution is 6.07. The molecule has 7 nitrogen and oxygen atoms in total. The van der Waals surface area contributed by atoms with E-state index in [2.05, 4.69) is 10.3 Å². The van der Waals surface area contributed by atoms with Gasteiger partial charge >= 0.3 is 5.97 Å². The maximum Gasteiger partial charge on any atom is 0.330 e. The number of hydrogen-bond acceptors (Lipinski definition) is 4. The number of carbonyl (C=O) groups excluding carboxylic acids is 1. The van der Waals surface area contributed by atoms with Crippen LogP contribution in [-0.2, 0) is 16.6 Å². The van der Waals surface area contributed by atoms with Crippen LogP contribution in [0.4, 0.5) is 5.69 Å². The first-order valence-electron chi connectivity index (χ1n) is 5.62. The third-order valence-electron chi connectivity index (χ3n) is 2.92. The van der Waals surface area contributed by atoms with Crippen molar-refractivity contribution in [1.29, 1.82) is 0 Å². The van der Waals surface area contributed by atoms with Gasteiger partial charge in [0.25, 0.3) is 5.91 Å². The largest absolute Gasteiger partial charge is 0.480 e. The van der Waals surface area contributed by atoms with E-state index in [1.165, 1.54) is 0 Å². The molecule has 0 spiro atoms. The first-order chi connectivity index (χ1) is 8.90. The maximum atomic E-state index is 11.5. The minimum absolute atomic E-state index is 0.465. The number of amides is 1. The fourth-order valence-electron chi connectivity index (χ4n) is 1.73. The number of nitrogens with zero attached hydrogens (tertiary/aromatic N) is 2. The molecule has 100 valence electrons. The van der Waals surface area contributed by atoms with E-state index in [1.807, 2.05) is 18.5 Å². The Morgan fingerprint density at radius 1 is 1.47 bits per heavy atom. The number of aryl methyl sites for hydroxylation is 2. The number of carboxylic acid groups (broad SMARTS) is 1. The molecule has 1 unspecified atom stereocenters. The van der Waals surface area contributed by atoms with Gasteiger partial charge in [0.05, 0.1) is 11.0 Å². The van der Waals surface area contributed by atoms with Crippen LogP contribution >= 0.6 is 0 Å². The van der Waals surface area contributed by atoms with E-state index in [0.29, 0.717) is 5.69 Å². The molecule has 1 aromatic carbocycles. The first kappa shape index (κ1) is 13.0. The molecule has 1 atom stereocenters. The molecule has 0 saturated heterocycles. The molecule has 1 aromatic heterocycles. The number of rotatable bonds is 3. The lowest BCUT2D eigenvalue weighted by Crippen LogP contribution is -2.42. The summed E-state index contributed by atoms with van der Waals surface area (Å²) in [5.74, 6) is -1.28. The molecule has 0 aliphatic carbocycles. The van der Waals surface area contributed by atoms with Gasteiger partial charge < -0.3 is 20.7 Å². The molecule has 7 heteroatoms. The summed E-state index contributed by atoms with van der Waals surface area (Å²) in [6.07, 6.45) is 0. The number of nitrogens with one attached hydrogen (secondary N) is 1. The lowest BCUT2D eigenvalue weighted by atomic mass is 10.2. The molecular formula is C12H14N4O3. The molecule has 4 N–H and O–H groups in total. The summed E-state index contributed by atoms with van der Waals surface area (Å²) in [5.41, 5.74) is 7.34. The second-order valence-electron chi connectivity index (χ2n) is 4.23. The molecule has 0 fully saturated rings. The Hall–Kier alpha value is -2.41. The Bertz CT molecular complexity index is 662. The number of imidazole rings is 1. The number of hydrogen-bond donors (Lipinski definition) is 3. The van der Waals surface area contributed by atoms with Crippen LogP contribution in [0.25, 0.3) is 11.0 Å². The predicted octanol–water partition coefficient (Wildman–Crippen LogP) is 0.232. The van der Waals surface area contributed by atoms with Gasteiger partial charge in [0, 0.05) is 12.7 Å². The van der Waals surface area contributed by atoms with E-state index >= 15 is 0 Å². The lowest BCUT2D eigenvalue weighted by Gasteiger charge is -2.08. The zero-order chi connectivity index (χ0) is 14.2. The summed E-state index contributed by atoms with van der Waals surface area (Å²) in [6, 6.07) is 3.57. The first-order valence-corrected chi connectivity index (χ1v) is 5.62.